The van der Waals surface area contributed by atoms with Crippen molar-refractivity contribution in [1.82, 2.24) is 15.0 Å². The minimum atomic E-state index is 0.0917. The molecule has 1 aromatic heterocycles. The van der Waals surface area contributed by atoms with Gasteiger partial charge in [0.1, 0.15) is 5.75 Å². The number of thioether (sulfide) groups is 1. The molecule has 0 bridgehead atoms. The summed E-state index contributed by atoms with van der Waals surface area (Å²) in [6, 6.07) is 4.55. The lowest BCUT2D eigenvalue weighted by Crippen LogP contribution is -2.01. The van der Waals surface area contributed by atoms with E-state index in [2.05, 4.69) is 15.0 Å². The number of hydrogen-bond donors (Lipinski definition) is 2. The van der Waals surface area contributed by atoms with E-state index in [0.717, 1.165) is 0 Å². The van der Waals surface area contributed by atoms with Crippen LogP contribution < -0.4 is 5.73 Å². The largest absolute Gasteiger partial charge is 0.508 e. The van der Waals surface area contributed by atoms with Gasteiger partial charge in [-0.1, -0.05) is 23.4 Å². The number of nitrogen functional groups attached to an aromatic ring is 1. The van der Waals surface area contributed by atoms with E-state index in [0.29, 0.717) is 21.6 Å². The van der Waals surface area contributed by atoms with Gasteiger partial charge >= 0.3 is 0 Å². The molecule has 2 aromatic rings. The van der Waals surface area contributed by atoms with Crippen LogP contribution in [0.2, 0.25) is 5.02 Å². The quantitative estimate of drug-likeness (QED) is 0.812. The van der Waals surface area contributed by atoms with Crippen LogP contribution in [0.25, 0.3) is 11.4 Å². The first-order chi connectivity index (χ1) is 8.10. The Morgan fingerprint density at radius 1 is 1.29 bits per heavy atom. The average Bonchev–Trinajstić information content (AvgIpc) is 2.31. The van der Waals surface area contributed by atoms with E-state index >= 15 is 0 Å². The second-order valence-corrected chi connectivity index (χ2v) is 4.35. The Labute approximate surface area is 107 Å². The second kappa shape index (κ2) is 4.77. The Morgan fingerprint density at radius 3 is 2.76 bits per heavy atom. The summed E-state index contributed by atoms with van der Waals surface area (Å²) in [7, 11) is 0. The van der Waals surface area contributed by atoms with Crippen LogP contribution in [0.4, 0.5) is 5.95 Å². The average molecular weight is 269 g/mol. The lowest BCUT2D eigenvalue weighted by molar-refractivity contribution is 0.475. The van der Waals surface area contributed by atoms with Crippen molar-refractivity contribution in [3.63, 3.8) is 0 Å². The molecule has 17 heavy (non-hydrogen) atoms. The van der Waals surface area contributed by atoms with Gasteiger partial charge in [-0.15, -0.1) is 0 Å². The van der Waals surface area contributed by atoms with E-state index in [1.54, 1.807) is 6.07 Å². The van der Waals surface area contributed by atoms with E-state index in [1.165, 1.54) is 23.9 Å². The van der Waals surface area contributed by atoms with Gasteiger partial charge in [0.25, 0.3) is 0 Å². The Kier molecular flexibility index (Phi) is 3.35. The van der Waals surface area contributed by atoms with Crippen LogP contribution in [0.15, 0.2) is 23.4 Å². The Bertz CT molecular complexity index is 564. The van der Waals surface area contributed by atoms with E-state index < -0.39 is 0 Å². The Balaban J connectivity index is 2.59. The number of aromatic hydroxyl groups is 1. The Hall–Kier alpha value is -1.53. The summed E-state index contributed by atoms with van der Waals surface area (Å²) in [4.78, 5) is 12.1. The normalized spacial score (nSPS) is 10.5. The molecule has 0 saturated carbocycles. The second-order valence-electron chi connectivity index (χ2n) is 3.17. The summed E-state index contributed by atoms with van der Waals surface area (Å²) in [5, 5.41) is 10.4. The van der Waals surface area contributed by atoms with Crippen LogP contribution in [0.3, 0.4) is 0 Å². The third-order valence-electron chi connectivity index (χ3n) is 2.01. The zero-order valence-corrected chi connectivity index (χ0v) is 10.5. The van der Waals surface area contributed by atoms with Crippen molar-refractivity contribution in [3.8, 4) is 17.1 Å². The molecule has 0 amide bonds. The van der Waals surface area contributed by atoms with Gasteiger partial charge in [0.05, 0.1) is 5.02 Å². The molecule has 0 fully saturated rings. The molecule has 0 saturated heterocycles. The molecular formula is C10H9ClN4OS. The molecule has 7 heteroatoms. The lowest BCUT2D eigenvalue weighted by atomic mass is 10.2. The number of halogens is 1. The SMILES string of the molecule is CSc1nc(N)nc(-c2cc(O)ccc2Cl)n1. The minimum Gasteiger partial charge on any atom is -0.508 e. The highest BCUT2D eigenvalue weighted by molar-refractivity contribution is 7.98. The number of rotatable bonds is 2. The van der Waals surface area contributed by atoms with Gasteiger partial charge in [-0.3, -0.25) is 0 Å². The van der Waals surface area contributed by atoms with Crippen molar-refractivity contribution in [2.75, 3.05) is 12.0 Å². The van der Waals surface area contributed by atoms with E-state index in [9.17, 15) is 5.11 Å². The molecule has 0 aliphatic carbocycles. The smallest absolute Gasteiger partial charge is 0.224 e. The van der Waals surface area contributed by atoms with Crippen molar-refractivity contribution in [2.24, 2.45) is 0 Å². The summed E-state index contributed by atoms with van der Waals surface area (Å²) >= 11 is 7.37. The van der Waals surface area contributed by atoms with Gasteiger partial charge in [0, 0.05) is 5.56 Å². The molecule has 0 spiro atoms. The summed E-state index contributed by atoms with van der Waals surface area (Å²) < 4.78 is 0. The first kappa shape index (κ1) is 11.9. The first-order valence-electron chi connectivity index (χ1n) is 4.64. The van der Waals surface area contributed by atoms with Gasteiger partial charge in [-0.2, -0.15) is 9.97 Å². The third-order valence-corrected chi connectivity index (χ3v) is 2.88. The topological polar surface area (TPSA) is 84.9 Å². The number of nitrogens with two attached hydrogens (primary N) is 1. The van der Waals surface area contributed by atoms with Crippen molar-refractivity contribution in [1.29, 1.82) is 0 Å². The van der Waals surface area contributed by atoms with Gasteiger partial charge in [0.15, 0.2) is 11.0 Å². The number of hydrogen-bond acceptors (Lipinski definition) is 6. The van der Waals surface area contributed by atoms with E-state index in [4.69, 9.17) is 17.3 Å². The molecule has 0 atom stereocenters. The molecule has 5 nitrogen and oxygen atoms in total. The molecule has 1 aromatic carbocycles. The Morgan fingerprint density at radius 2 is 2.06 bits per heavy atom. The maximum atomic E-state index is 9.43. The number of phenolic OH excluding ortho intramolecular Hbond substituents is 1. The monoisotopic (exact) mass is 268 g/mol. The fourth-order valence-electron chi connectivity index (χ4n) is 1.27. The zero-order valence-electron chi connectivity index (χ0n) is 8.88. The maximum Gasteiger partial charge on any atom is 0.224 e. The van der Waals surface area contributed by atoms with Gasteiger partial charge in [0.2, 0.25) is 5.95 Å². The fraction of sp³-hybridized carbons (Fsp3) is 0.100. The van der Waals surface area contributed by atoms with Crippen LogP contribution in [-0.4, -0.2) is 26.3 Å². The number of benzene rings is 1. The summed E-state index contributed by atoms with van der Waals surface area (Å²) in [6.07, 6.45) is 1.84. The van der Waals surface area contributed by atoms with Crippen molar-refractivity contribution in [3.05, 3.63) is 23.2 Å². The van der Waals surface area contributed by atoms with Crippen molar-refractivity contribution >= 4 is 29.3 Å². The molecule has 3 N–H and O–H groups in total. The summed E-state index contributed by atoms with van der Waals surface area (Å²) in [6.45, 7) is 0. The van der Waals surface area contributed by atoms with Crippen LogP contribution >= 0.6 is 23.4 Å². The highest BCUT2D eigenvalue weighted by Gasteiger charge is 2.10. The van der Waals surface area contributed by atoms with Crippen LogP contribution in [-0.2, 0) is 0 Å². The lowest BCUT2D eigenvalue weighted by Gasteiger charge is -2.05. The zero-order chi connectivity index (χ0) is 12.4. The van der Waals surface area contributed by atoms with Gasteiger partial charge in [-0.25, -0.2) is 4.98 Å². The van der Waals surface area contributed by atoms with E-state index in [-0.39, 0.29) is 11.7 Å². The third kappa shape index (κ3) is 2.59. The minimum absolute atomic E-state index is 0.0917. The number of phenols is 1. The molecule has 2 rings (SSSR count). The predicted octanol–water partition coefficient (Wildman–Crippen LogP) is 2.20. The number of anilines is 1. The first-order valence-corrected chi connectivity index (χ1v) is 6.25. The number of nitrogens with zero attached hydrogens (tertiary/aromatic N) is 3. The summed E-state index contributed by atoms with van der Waals surface area (Å²) in [5.41, 5.74) is 6.10. The molecule has 0 unspecified atom stereocenters. The molecular weight excluding hydrogens is 260 g/mol. The highest BCUT2D eigenvalue weighted by atomic mass is 35.5. The summed E-state index contributed by atoms with van der Waals surface area (Å²) in [5.74, 6) is 0.565. The molecule has 0 aliphatic heterocycles. The molecule has 1 heterocycles. The van der Waals surface area contributed by atoms with E-state index in [1.807, 2.05) is 6.26 Å². The maximum absolute atomic E-state index is 9.43. The van der Waals surface area contributed by atoms with Crippen molar-refractivity contribution < 1.29 is 5.11 Å². The van der Waals surface area contributed by atoms with Gasteiger partial charge in [-0.05, 0) is 24.5 Å². The van der Waals surface area contributed by atoms with Crippen molar-refractivity contribution in [2.45, 2.75) is 5.16 Å². The van der Waals surface area contributed by atoms with Crippen LogP contribution in [0.5, 0.6) is 5.75 Å². The van der Waals surface area contributed by atoms with Gasteiger partial charge < -0.3 is 10.8 Å². The standard InChI is InChI=1S/C10H9ClN4OS/c1-17-10-14-8(13-9(12)15-10)6-4-5(16)2-3-7(6)11/h2-4,16H,1H3,(H2,12,13,14,15). The predicted molar refractivity (Wildman–Crippen MR) is 68.1 cm³/mol. The number of aromatic nitrogens is 3. The highest BCUT2D eigenvalue weighted by Crippen LogP contribution is 2.29. The molecule has 88 valence electrons. The molecule has 0 aliphatic rings. The fourth-order valence-corrected chi connectivity index (χ4v) is 1.83. The van der Waals surface area contributed by atoms with Crippen LogP contribution in [0, 0.1) is 0 Å². The van der Waals surface area contributed by atoms with Crippen LogP contribution in [0.1, 0.15) is 0 Å². The molecule has 0 radical (unpaired) electrons.